The number of para-hydroxylation sites is 1. The first-order valence-corrected chi connectivity index (χ1v) is 14.4. The van der Waals surface area contributed by atoms with E-state index in [0.717, 1.165) is 5.56 Å². The van der Waals surface area contributed by atoms with Crippen molar-refractivity contribution in [3.8, 4) is 11.5 Å². The molecule has 1 heterocycles. The van der Waals surface area contributed by atoms with E-state index >= 15 is 0 Å². The Morgan fingerprint density at radius 3 is 2.39 bits per heavy atom. The summed E-state index contributed by atoms with van der Waals surface area (Å²) >= 11 is 6.47. The number of halogens is 1. The van der Waals surface area contributed by atoms with Gasteiger partial charge in [-0.1, -0.05) is 49.7 Å². The van der Waals surface area contributed by atoms with Gasteiger partial charge in [0.2, 0.25) is 5.91 Å². The zero-order valence-corrected chi connectivity index (χ0v) is 26.1. The van der Waals surface area contributed by atoms with Crippen molar-refractivity contribution in [3.05, 3.63) is 87.9 Å². The summed E-state index contributed by atoms with van der Waals surface area (Å²) in [4.78, 5) is 40.7. The zero-order valence-electron chi connectivity index (χ0n) is 25.4. The van der Waals surface area contributed by atoms with E-state index < -0.39 is 35.4 Å². The smallest absolute Gasteiger partial charge is 0.337 e. The highest BCUT2D eigenvalue weighted by atomic mass is 35.5. The summed E-state index contributed by atoms with van der Waals surface area (Å²) in [6.07, 6.45) is -2.33. The lowest BCUT2D eigenvalue weighted by Crippen LogP contribution is -2.46. The van der Waals surface area contributed by atoms with Gasteiger partial charge >= 0.3 is 5.97 Å². The number of fused-ring (bicyclic) bond motifs is 1. The van der Waals surface area contributed by atoms with Crippen LogP contribution in [0.5, 0.6) is 11.5 Å². The lowest BCUT2D eigenvalue weighted by Gasteiger charge is -2.32. The molecule has 0 fully saturated rings. The molecule has 2 N–H and O–H groups in total. The lowest BCUT2D eigenvalue weighted by atomic mass is 9.92. The minimum atomic E-state index is -1.20. The Hall–Kier alpha value is -4.12. The molecule has 0 unspecified atom stereocenters. The third kappa shape index (κ3) is 7.32. The first-order chi connectivity index (χ1) is 21.0. The molecule has 11 heteroatoms. The summed E-state index contributed by atoms with van der Waals surface area (Å²) < 4.78 is 22.5. The van der Waals surface area contributed by atoms with Crippen LogP contribution in [0, 0.1) is 5.41 Å². The number of hydrogen-bond donors (Lipinski definition) is 2. The number of aliphatic hydroxyl groups excluding tert-OH is 1. The van der Waals surface area contributed by atoms with Gasteiger partial charge in [0.25, 0.3) is 5.91 Å². The summed E-state index contributed by atoms with van der Waals surface area (Å²) in [5, 5.41) is 13.3. The number of carbonyl (C=O) groups is 3. The van der Waals surface area contributed by atoms with Crippen LogP contribution in [0.4, 0.5) is 5.69 Å². The van der Waals surface area contributed by atoms with Gasteiger partial charge in [-0.05, 0) is 42.0 Å². The first-order valence-electron chi connectivity index (χ1n) is 14.0. The monoisotopic (exact) mass is 624 g/mol. The molecule has 1 aliphatic rings. The van der Waals surface area contributed by atoms with Crippen molar-refractivity contribution in [1.82, 2.24) is 5.32 Å². The highest BCUT2D eigenvalue weighted by Crippen LogP contribution is 2.45. The second-order valence-electron chi connectivity index (χ2n) is 11.2. The molecule has 2 amide bonds. The summed E-state index contributed by atoms with van der Waals surface area (Å²) in [6, 6.07) is 17.2. The molecule has 0 aliphatic carbocycles. The number of carbonyl (C=O) groups excluding carboxylic acids is 3. The van der Waals surface area contributed by atoms with E-state index in [1.54, 1.807) is 59.5 Å². The van der Waals surface area contributed by atoms with E-state index in [1.807, 2.05) is 19.9 Å². The standard InChI is InChI=1S/C33H37ClN2O8/c1-33(2,19-37)18-36-25-14-13-22(34)15-24(25)29(23-7-6-8-26(41-3)30(23)42-4)44-27(31(36)39)16-28(38)35-17-20-9-11-21(12-10-20)32(40)43-5/h6-15,27,29,37H,16-19H2,1-5H3,(H,35,38)/t27-,29-/m1/s1. The highest BCUT2D eigenvalue weighted by Gasteiger charge is 2.40. The van der Waals surface area contributed by atoms with Gasteiger partial charge in [0.1, 0.15) is 12.2 Å². The Balaban J connectivity index is 1.70. The van der Waals surface area contributed by atoms with Gasteiger partial charge in [0, 0.05) is 46.9 Å². The Kier molecular flexibility index (Phi) is 10.5. The number of rotatable bonds is 11. The zero-order chi connectivity index (χ0) is 32.0. The van der Waals surface area contributed by atoms with Crippen LogP contribution in [0.15, 0.2) is 60.7 Å². The second kappa shape index (κ2) is 14.1. The Bertz CT molecular complexity index is 1510. The third-order valence-corrected chi connectivity index (χ3v) is 7.61. The van der Waals surface area contributed by atoms with Crippen molar-refractivity contribution in [2.24, 2.45) is 5.41 Å². The topological polar surface area (TPSA) is 124 Å². The van der Waals surface area contributed by atoms with Gasteiger partial charge in [-0.3, -0.25) is 9.59 Å². The molecule has 44 heavy (non-hydrogen) atoms. The maximum atomic E-state index is 14.2. The minimum absolute atomic E-state index is 0.160. The van der Waals surface area contributed by atoms with E-state index in [2.05, 4.69) is 5.32 Å². The molecule has 0 aromatic heterocycles. The van der Waals surface area contributed by atoms with Crippen LogP contribution < -0.4 is 19.7 Å². The Labute approximate surface area is 261 Å². The van der Waals surface area contributed by atoms with Crippen molar-refractivity contribution < 1.29 is 38.4 Å². The number of esters is 1. The van der Waals surface area contributed by atoms with Crippen molar-refractivity contribution in [2.75, 3.05) is 39.4 Å². The largest absolute Gasteiger partial charge is 0.493 e. The maximum Gasteiger partial charge on any atom is 0.337 e. The summed E-state index contributed by atoms with van der Waals surface area (Å²) in [5.41, 5.74) is 2.21. The van der Waals surface area contributed by atoms with Gasteiger partial charge < -0.3 is 34.3 Å². The SMILES string of the molecule is COC(=O)c1ccc(CNC(=O)C[C@H]2O[C@H](c3cccc(OC)c3OC)c3cc(Cl)ccc3N(CC(C)(C)CO)C2=O)cc1. The van der Waals surface area contributed by atoms with E-state index in [0.29, 0.717) is 38.9 Å². The molecule has 0 bridgehead atoms. The van der Waals surface area contributed by atoms with Crippen LogP contribution in [-0.4, -0.2) is 63.5 Å². The maximum absolute atomic E-state index is 14.2. The number of hydrogen-bond acceptors (Lipinski definition) is 8. The van der Waals surface area contributed by atoms with Gasteiger partial charge in [-0.25, -0.2) is 4.79 Å². The fourth-order valence-corrected chi connectivity index (χ4v) is 5.20. The average molecular weight is 625 g/mol. The van der Waals surface area contributed by atoms with Crippen LogP contribution in [0.25, 0.3) is 0 Å². The van der Waals surface area contributed by atoms with Gasteiger partial charge in [0.05, 0.1) is 33.3 Å². The predicted molar refractivity (Wildman–Crippen MR) is 165 cm³/mol. The van der Waals surface area contributed by atoms with E-state index in [1.165, 1.54) is 21.3 Å². The number of anilines is 1. The number of ether oxygens (including phenoxy) is 4. The van der Waals surface area contributed by atoms with Crippen molar-refractivity contribution in [1.29, 1.82) is 0 Å². The Morgan fingerprint density at radius 2 is 1.75 bits per heavy atom. The molecule has 4 rings (SSSR count). The molecule has 3 aromatic carbocycles. The van der Waals surface area contributed by atoms with Crippen LogP contribution in [0.2, 0.25) is 5.02 Å². The number of amides is 2. The second-order valence-corrected chi connectivity index (χ2v) is 11.6. The third-order valence-electron chi connectivity index (χ3n) is 7.37. The number of nitrogens with zero attached hydrogens (tertiary/aromatic N) is 1. The number of aliphatic hydroxyl groups is 1. The van der Waals surface area contributed by atoms with E-state index in [4.69, 9.17) is 30.5 Å². The normalized spacial score (nSPS) is 16.5. The van der Waals surface area contributed by atoms with Gasteiger partial charge in [-0.15, -0.1) is 0 Å². The molecule has 0 saturated carbocycles. The summed E-state index contributed by atoms with van der Waals surface area (Å²) in [7, 11) is 4.35. The molecule has 2 atom stereocenters. The quantitative estimate of drug-likeness (QED) is 0.295. The Morgan fingerprint density at radius 1 is 1.02 bits per heavy atom. The van der Waals surface area contributed by atoms with Gasteiger partial charge in [-0.2, -0.15) is 0 Å². The molecule has 0 spiro atoms. The number of nitrogens with one attached hydrogen (secondary N) is 1. The molecular weight excluding hydrogens is 588 g/mol. The van der Waals surface area contributed by atoms with E-state index in [-0.39, 0.29) is 26.1 Å². The molecule has 0 saturated heterocycles. The van der Waals surface area contributed by atoms with Crippen LogP contribution in [0.3, 0.4) is 0 Å². The van der Waals surface area contributed by atoms with Crippen LogP contribution >= 0.6 is 11.6 Å². The predicted octanol–water partition coefficient (Wildman–Crippen LogP) is 4.69. The van der Waals surface area contributed by atoms with E-state index in [9.17, 15) is 19.5 Å². The van der Waals surface area contributed by atoms with Crippen LogP contribution in [-0.2, 0) is 25.6 Å². The number of methoxy groups -OCH3 is 3. The minimum Gasteiger partial charge on any atom is -0.493 e. The molecule has 3 aromatic rings. The van der Waals surface area contributed by atoms with Crippen molar-refractivity contribution in [2.45, 2.75) is 39.0 Å². The number of benzene rings is 3. The molecule has 234 valence electrons. The molecule has 10 nitrogen and oxygen atoms in total. The molecule has 1 aliphatic heterocycles. The highest BCUT2D eigenvalue weighted by molar-refractivity contribution is 6.30. The fourth-order valence-electron chi connectivity index (χ4n) is 5.02. The average Bonchev–Trinajstić information content (AvgIpc) is 3.13. The first kappa shape index (κ1) is 32.8. The van der Waals surface area contributed by atoms with Crippen molar-refractivity contribution >= 4 is 35.1 Å². The summed E-state index contributed by atoms with van der Waals surface area (Å²) in [5.74, 6) is -0.415. The summed E-state index contributed by atoms with van der Waals surface area (Å²) in [6.45, 7) is 3.85. The van der Waals surface area contributed by atoms with Gasteiger partial charge in [0.15, 0.2) is 11.5 Å². The molecular formula is C33H37ClN2O8. The molecule has 0 radical (unpaired) electrons. The lowest BCUT2D eigenvalue weighted by molar-refractivity contribution is -0.138. The van der Waals surface area contributed by atoms with Crippen molar-refractivity contribution in [3.63, 3.8) is 0 Å². The van der Waals surface area contributed by atoms with Crippen LogP contribution in [0.1, 0.15) is 53.4 Å². The fraction of sp³-hybridized carbons (Fsp3) is 0.364.